The first-order chi connectivity index (χ1) is 9.67. The molecule has 20 heavy (non-hydrogen) atoms. The number of urea groups is 1. The average molecular weight is 360 g/mol. The minimum Gasteiger partial charge on any atom is -0.338 e. The molecule has 112 valence electrons. The van der Waals surface area contributed by atoms with Crippen molar-refractivity contribution in [3.05, 3.63) is 20.8 Å². The molecule has 2 N–H and O–H groups in total. The van der Waals surface area contributed by atoms with E-state index in [4.69, 9.17) is 0 Å². The van der Waals surface area contributed by atoms with Crippen LogP contribution in [0.25, 0.3) is 0 Å². The van der Waals surface area contributed by atoms with Gasteiger partial charge in [-0.2, -0.15) is 0 Å². The molecular formula is C14H22BrN3OS. The maximum Gasteiger partial charge on any atom is 0.315 e. The lowest BCUT2D eigenvalue weighted by atomic mass is 10.1. The third-order valence-corrected chi connectivity index (χ3v) is 5.34. The van der Waals surface area contributed by atoms with Crippen LogP contribution in [0.1, 0.15) is 24.6 Å². The van der Waals surface area contributed by atoms with E-state index in [1.165, 1.54) is 4.88 Å². The van der Waals surface area contributed by atoms with Crippen molar-refractivity contribution in [3.8, 4) is 0 Å². The van der Waals surface area contributed by atoms with Gasteiger partial charge in [0.1, 0.15) is 0 Å². The summed E-state index contributed by atoms with van der Waals surface area (Å²) in [7, 11) is 0. The molecule has 0 bridgehead atoms. The van der Waals surface area contributed by atoms with Crippen LogP contribution in [0.15, 0.2) is 15.9 Å². The molecule has 1 aliphatic rings. The molecule has 1 aliphatic heterocycles. The molecule has 2 amide bonds. The quantitative estimate of drug-likeness (QED) is 0.848. The number of rotatable bonds is 5. The van der Waals surface area contributed by atoms with Crippen LogP contribution in [-0.4, -0.2) is 43.2 Å². The fraction of sp³-hybridized carbons (Fsp3) is 0.643. The number of carbonyl (C=O) groups is 1. The minimum absolute atomic E-state index is 0.0319. The number of hydrogen-bond acceptors (Lipinski definition) is 3. The van der Waals surface area contributed by atoms with Crippen molar-refractivity contribution in [2.75, 3.05) is 26.2 Å². The fourth-order valence-corrected chi connectivity index (χ4v) is 3.90. The molecule has 0 atom stereocenters. The smallest absolute Gasteiger partial charge is 0.315 e. The molecule has 0 unspecified atom stereocenters. The molecule has 4 nitrogen and oxygen atoms in total. The molecule has 0 radical (unpaired) electrons. The van der Waals surface area contributed by atoms with Gasteiger partial charge in [-0.15, -0.1) is 11.3 Å². The molecule has 0 aliphatic carbocycles. The van der Waals surface area contributed by atoms with E-state index in [0.717, 1.165) is 42.7 Å². The number of thiophene rings is 1. The van der Waals surface area contributed by atoms with Crippen molar-refractivity contribution < 1.29 is 4.79 Å². The summed E-state index contributed by atoms with van der Waals surface area (Å²) >= 11 is 5.16. The van der Waals surface area contributed by atoms with Crippen molar-refractivity contribution in [1.82, 2.24) is 15.5 Å². The molecule has 0 saturated carbocycles. The Morgan fingerprint density at radius 1 is 1.45 bits per heavy atom. The topological polar surface area (TPSA) is 44.4 Å². The van der Waals surface area contributed by atoms with Crippen LogP contribution < -0.4 is 10.6 Å². The van der Waals surface area contributed by atoms with E-state index >= 15 is 0 Å². The number of piperidine rings is 1. The Balaban J connectivity index is 1.61. The summed E-state index contributed by atoms with van der Waals surface area (Å²) in [6.45, 7) is 6.15. The van der Waals surface area contributed by atoms with Crippen molar-refractivity contribution in [1.29, 1.82) is 0 Å². The van der Waals surface area contributed by atoms with Gasteiger partial charge in [0.05, 0.1) is 3.79 Å². The highest BCUT2D eigenvalue weighted by molar-refractivity contribution is 9.11. The zero-order valence-electron chi connectivity index (χ0n) is 11.8. The van der Waals surface area contributed by atoms with Gasteiger partial charge in [0, 0.05) is 30.6 Å². The van der Waals surface area contributed by atoms with E-state index in [0.29, 0.717) is 12.6 Å². The van der Waals surface area contributed by atoms with Crippen molar-refractivity contribution in [2.24, 2.45) is 0 Å². The summed E-state index contributed by atoms with van der Waals surface area (Å²) < 4.78 is 1.14. The highest BCUT2D eigenvalue weighted by Crippen LogP contribution is 2.22. The van der Waals surface area contributed by atoms with Gasteiger partial charge in [-0.25, -0.2) is 4.79 Å². The monoisotopic (exact) mass is 359 g/mol. The number of likely N-dealkylation sites (tertiary alicyclic amines) is 1. The number of nitrogens with zero attached hydrogens (tertiary/aromatic N) is 1. The molecule has 0 spiro atoms. The van der Waals surface area contributed by atoms with Crippen LogP contribution in [0.5, 0.6) is 0 Å². The van der Waals surface area contributed by atoms with Crippen LogP contribution in [0.3, 0.4) is 0 Å². The molecule has 1 aromatic heterocycles. The van der Waals surface area contributed by atoms with Gasteiger partial charge < -0.3 is 15.5 Å². The Bertz CT molecular complexity index is 430. The number of hydrogen-bond donors (Lipinski definition) is 2. The summed E-state index contributed by atoms with van der Waals surface area (Å²) in [5.41, 5.74) is 0. The normalized spacial score (nSPS) is 17.1. The highest BCUT2D eigenvalue weighted by Gasteiger charge is 2.19. The zero-order valence-corrected chi connectivity index (χ0v) is 14.2. The molecule has 2 heterocycles. The molecule has 2 rings (SSSR count). The standard InChI is InChI=1S/C14H22BrN3OS/c1-2-18-9-6-11(7-10-18)17-14(19)16-8-5-12-3-4-13(15)20-12/h3-4,11H,2,5-10H2,1H3,(H2,16,17,19). The van der Waals surface area contributed by atoms with Crippen LogP contribution in [0.4, 0.5) is 4.79 Å². The second kappa shape index (κ2) is 8.00. The Kier molecular flexibility index (Phi) is 6.32. The van der Waals surface area contributed by atoms with E-state index in [9.17, 15) is 4.79 Å². The first kappa shape index (κ1) is 15.8. The summed E-state index contributed by atoms with van der Waals surface area (Å²) in [4.78, 5) is 15.5. The first-order valence-electron chi connectivity index (χ1n) is 7.18. The zero-order chi connectivity index (χ0) is 14.4. The van der Waals surface area contributed by atoms with Gasteiger partial charge in [-0.3, -0.25) is 0 Å². The summed E-state index contributed by atoms with van der Waals surface area (Å²) in [6.07, 6.45) is 3.00. The fourth-order valence-electron chi connectivity index (χ4n) is 2.42. The number of carbonyl (C=O) groups excluding carboxylic acids is 1. The molecule has 1 fully saturated rings. The third kappa shape index (κ3) is 5.07. The number of nitrogens with one attached hydrogen (secondary N) is 2. The van der Waals surface area contributed by atoms with Gasteiger partial charge >= 0.3 is 6.03 Å². The summed E-state index contributed by atoms with van der Waals surface area (Å²) in [5, 5.41) is 6.01. The molecule has 1 saturated heterocycles. The number of amides is 2. The predicted molar refractivity (Wildman–Crippen MR) is 87.4 cm³/mol. The molecular weight excluding hydrogens is 338 g/mol. The van der Waals surface area contributed by atoms with Gasteiger partial charge in [0.2, 0.25) is 0 Å². The Hall–Kier alpha value is -0.590. The van der Waals surface area contributed by atoms with Gasteiger partial charge in [-0.05, 0) is 53.9 Å². The van der Waals surface area contributed by atoms with E-state index in [-0.39, 0.29) is 6.03 Å². The van der Waals surface area contributed by atoms with E-state index in [1.807, 2.05) is 6.07 Å². The van der Waals surface area contributed by atoms with Gasteiger partial charge in [0.15, 0.2) is 0 Å². The average Bonchev–Trinajstić information content (AvgIpc) is 2.85. The number of halogens is 1. The Labute approximate surface area is 133 Å². The van der Waals surface area contributed by atoms with Crippen LogP contribution >= 0.6 is 27.3 Å². The van der Waals surface area contributed by atoms with Crippen LogP contribution in [0, 0.1) is 0 Å². The second-order valence-corrected chi connectivity index (χ2v) is 7.61. The SMILES string of the molecule is CCN1CCC(NC(=O)NCCc2ccc(Br)s2)CC1. The Morgan fingerprint density at radius 3 is 2.80 bits per heavy atom. The van der Waals surface area contributed by atoms with Crippen molar-refractivity contribution >= 4 is 33.3 Å². The summed E-state index contributed by atoms with van der Waals surface area (Å²) in [6, 6.07) is 4.43. The van der Waals surface area contributed by atoms with E-state index < -0.39 is 0 Å². The molecule has 6 heteroatoms. The molecule has 1 aromatic rings. The van der Waals surface area contributed by atoms with Crippen LogP contribution in [0.2, 0.25) is 0 Å². The van der Waals surface area contributed by atoms with E-state index in [1.54, 1.807) is 11.3 Å². The predicted octanol–water partition coefficient (Wildman–Crippen LogP) is 2.84. The van der Waals surface area contributed by atoms with Crippen molar-refractivity contribution in [3.63, 3.8) is 0 Å². The first-order valence-corrected chi connectivity index (χ1v) is 8.79. The second-order valence-electron chi connectivity index (χ2n) is 5.06. The lowest BCUT2D eigenvalue weighted by Crippen LogP contribution is -2.48. The minimum atomic E-state index is -0.0319. The summed E-state index contributed by atoms with van der Waals surface area (Å²) in [5.74, 6) is 0. The van der Waals surface area contributed by atoms with Crippen LogP contribution in [-0.2, 0) is 6.42 Å². The Morgan fingerprint density at radius 2 is 2.20 bits per heavy atom. The molecule has 0 aromatic carbocycles. The van der Waals surface area contributed by atoms with Gasteiger partial charge in [-0.1, -0.05) is 6.92 Å². The highest BCUT2D eigenvalue weighted by atomic mass is 79.9. The van der Waals surface area contributed by atoms with Gasteiger partial charge in [0.25, 0.3) is 0 Å². The largest absolute Gasteiger partial charge is 0.338 e. The maximum atomic E-state index is 11.8. The lowest BCUT2D eigenvalue weighted by molar-refractivity contribution is 0.198. The van der Waals surface area contributed by atoms with E-state index in [2.05, 4.69) is 44.5 Å². The third-order valence-electron chi connectivity index (χ3n) is 3.66. The lowest BCUT2D eigenvalue weighted by Gasteiger charge is -2.31. The van der Waals surface area contributed by atoms with Crippen molar-refractivity contribution in [2.45, 2.75) is 32.2 Å². The maximum absolute atomic E-state index is 11.8.